The lowest BCUT2D eigenvalue weighted by Crippen LogP contribution is -2.07. The molecule has 1 aromatic heterocycles. The predicted molar refractivity (Wildman–Crippen MR) is 70.4 cm³/mol. The number of aromatic nitrogens is 1. The Hall–Kier alpha value is -2.57. The van der Waals surface area contributed by atoms with Gasteiger partial charge in [-0.15, -0.1) is 0 Å². The molecule has 21 heavy (non-hydrogen) atoms. The quantitative estimate of drug-likeness (QED) is 0.865. The van der Waals surface area contributed by atoms with Crippen molar-refractivity contribution in [2.24, 2.45) is 0 Å². The molecule has 7 heteroatoms. The largest absolute Gasteiger partial charge is 0.465 e. The van der Waals surface area contributed by atoms with Crippen LogP contribution in [0.25, 0.3) is 11.1 Å². The Kier molecular flexibility index (Phi) is 3.84. The highest BCUT2D eigenvalue weighted by atomic mass is 19.4. The molecule has 2 N–H and O–H groups in total. The summed E-state index contributed by atoms with van der Waals surface area (Å²) in [5.41, 5.74) is 5.18. The second-order valence-corrected chi connectivity index (χ2v) is 4.22. The summed E-state index contributed by atoms with van der Waals surface area (Å²) in [7, 11) is 1.18. The number of esters is 1. The van der Waals surface area contributed by atoms with Gasteiger partial charge in [-0.1, -0.05) is 12.1 Å². The molecular weight excluding hydrogens is 285 g/mol. The van der Waals surface area contributed by atoms with Crippen LogP contribution >= 0.6 is 0 Å². The fourth-order valence-corrected chi connectivity index (χ4v) is 1.84. The number of rotatable bonds is 2. The minimum Gasteiger partial charge on any atom is -0.465 e. The molecule has 1 heterocycles. The van der Waals surface area contributed by atoms with Gasteiger partial charge in [0.05, 0.1) is 18.2 Å². The Morgan fingerprint density at radius 1 is 1.29 bits per heavy atom. The molecule has 0 aliphatic carbocycles. The fraction of sp³-hybridized carbons (Fsp3) is 0.143. The van der Waals surface area contributed by atoms with E-state index >= 15 is 0 Å². The van der Waals surface area contributed by atoms with Crippen LogP contribution in [0.15, 0.2) is 36.5 Å². The van der Waals surface area contributed by atoms with Crippen LogP contribution < -0.4 is 5.73 Å². The van der Waals surface area contributed by atoms with Crippen molar-refractivity contribution in [2.75, 3.05) is 12.8 Å². The molecule has 1 aromatic carbocycles. The number of nitrogens with two attached hydrogens (primary N) is 1. The normalized spacial score (nSPS) is 11.2. The topological polar surface area (TPSA) is 65.2 Å². The van der Waals surface area contributed by atoms with E-state index in [1.54, 1.807) is 0 Å². The molecule has 0 fully saturated rings. The molecule has 0 spiro atoms. The molecule has 0 aliphatic heterocycles. The van der Waals surface area contributed by atoms with Crippen LogP contribution in [0.5, 0.6) is 0 Å². The highest BCUT2D eigenvalue weighted by Gasteiger charge is 2.30. The van der Waals surface area contributed by atoms with Crippen molar-refractivity contribution in [3.63, 3.8) is 0 Å². The fourth-order valence-electron chi connectivity index (χ4n) is 1.84. The van der Waals surface area contributed by atoms with Gasteiger partial charge in [-0.05, 0) is 23.8 Å². The minimum atomic E-state index is -4.47. The van der Waals surface area contributed by atoms with Crippen LogP contribution in [0.2, 0.25) is 0 Å². The van der Waals surface area contributed by atoms with Crippen molar-refractivity contribution in [3.05, 3.63) is 47.7 Å². The molecule has 2 aromatic rings. The number of carbonyl (C=O) groups is 1. The third-order valence-electron chi connectivity index (χ3n) is 2.83. The summed E-state index contributed by atoms with van der Waals surface area (Å²) in [6.45, 7) is 0. The van der Waals surface area contributed by atoms with Gasteiger partial charge in [0.15, 0.2) is 0 Å². The number of carbonyl (C=O) groups excluding carboxylic acids is 1. The van der Waals surface area contributed by atoms with Crippen molar-refractivity contribution in [3.8, 4) is 11.1 Å². The van der Waals surface area contributed by atoms with E-state index in [1.807, 2.05) is 0 Å². The van der Waals surface area contributed by atoms with E-state index in [1.165, 1.54) is 31.5 Å². The van der Waals surface area contributed by atoms with Crippen LogP contribution in [0.1, 0.15) is 15.9 Å². The molecule has 0 atom stereocenters. The first-order valence-corrected chi connectivity index (χ1v) is 5.84. The van der Waals surface area contributed by atoms with Crippen molar-refractivity contribution >= 4 is 11.8 Å². The van der Waals surface area contributed by atoms with E-state index in [4.69, 9.17) is 5.73 Å². The summed E-state index contributed by atoms with van der Waals surface area (Å²) in [5, 5.41) is 0. The molecule has 0 unspecified atom stereocenters. The summed E-state index contributed by atoms with van der Waals surface area (Å²) in [6, 6.07) is 5.87. The number of halogens is 3. The second-order valence-electron chi connectivity index (χ2n) is 4.22. The van der Waals surface area contributed by atoms with Crippen LogP contribution in [0.3, 0.4) is 0 Å². The third-order valence-corrected chi connectivity index (χ3v) is 2.83. The first-order valence-electron chi connectivity index (χ1n) is 5.84. The van der Waals surface area contributed by atoms with E-state index in [2.05, 4.69) is 9.72 Å². The Morgan fingerprint density at radius 2 is 2.00 bits per heavy atom. The SMILES string of the molecule is COC(=O)c1cc(N)ncc1-c1cccc(C(F)(F)F)c1. The number of anilines is 1. The van der Waals surface area contributed by atoms with Gasteiger partial charge in [0.2, 0.25) is 0 Å². The van der Waals surface area contributed by atoms with Gasteiger partial charge in [0, 0.05) is 11.8 Å². The highest BCUT2D eigenvalue weighted by Crippen LogP contribution is 2.33. The summed E-state index contributed by atoms with van der Waals surface area (Å²) >= 11 is 0. The average Bonchev–Trinajstić information content (AvgIpc) is 2.45. The van der Waals surface area contributed by atoms with Gasteiger partial charge in [-0.3, -0.25) is 0 Å². The maximum Gasteiger partial charge on any atom is 0.416 e. The monoisotopic (exact) mass is 296 g/mol. The van der Waals surface area contributed by atoms with Gasteiger partial charge in [0.25, 0.3) is 0 Å². The summed E-state index contributed by atoms with van der Waals surface area (Å²) in [4.78, 5) is 15.5. The Labute approximate surface area is 118 Å². The van der Waals surface area contributed by atoms with Crippen LogP contribution in [0, 0.1) is 0 Å². The average molecular weight is 296 g/mol. The number of methoxy groups -OCH3 is 1. The van der Waals surface area contributed by atoms with Crippen molar-refractivity contribution in [1.82, 2.24) is 4.98 Å². The first-order chi connectivity index (χ1) is 9.82. The van der Waals surface area contributed by atoms with E-state index in [0.717, 1.165) is 12.1 Å². The highest BCUT2D eigenvalue weighted by molar-refractivity contribution is 5.97. The number of hydrogen-bond donors (Lipinski definition) is 1. The van der Waals surface area contributed by atoms with Gasteiger partial charge < -0.3 is 10.5 Å². The zero-order chi connectivity index (χ0) is 15.6. The molecule has 0 amide bonds. The lowest BCUT2D eigenvalue weighted by atomic mass is 10.00. The number of hydrogen-bond acceptors (Lipinski definition) is 4. The molecule has 0 radical (unpaired) electrons. The predicted octanol–water partition coefficient (Wildman–Crippen LogP) is 3.14. The van der Waals surface area contributed by atoms with E-state index in [-0.39, 0.29) is 22.5 Å². The molecule has 2 rings (SSSR count). The minimum absolute atomic E-state index is 0.0596. The smallest absolute Gasteiger partial charge is 0.416 e. The zero-order valence-electron chi connectivity index (χ0n) is 10.9. The Balaban J connectivity index is 2.59. The molecule has 110 valence electrons. The van der Waals surface area contributed by atoms with E-state index < -0.39 is 17.7 Å². The van der Waals surface area contributed by atoms with Gasteiger partial charge in [-0.2, -0.15) is 13.2 Å². The van der Waals surface area contributed by atoms with Crippen LogP contribution in [-0.2, 0) is 10.9 Å². The number of benzene rings is 1. The van der Waals surface area contributed by atoms with E-state index in [0.29, 0.717) is 0 Å². The second kappa shape index (κ2) is 5.43. The number of ether oxygens (including phenoxy) is 1. The number of nitrogen functional groups attached to an aromatic ring is 1. The molecular formula is C14H11F3N2O2. The Morgan fingerprint density at radius 3 is 2.62 bits per heavy atom. The maximum atomic E-state index is 12.7. The Bertz CT molecular complexity index is 684. The maximum absolute atomic E-state index is 12.7. The van der Waals surface area contributed by atoms with Gasteiger partial charge in [-0.25, -0.2) is 9.78 Å². The molecule has 0 saturated heterocycles. The summed E-state index contributed by atoms with van der Waals surface area (Å²) in [6.07, 6.45) is -3.22. The molecule has 4 nitrogen and oxygen atoms in total. The lowest BCUT2D eigenvalue weighted by Gasteiger charge is -2.11. The van der Waals surface area contributed by atoms with Crippen LogP contribution in [-0.4, -0.2) is 18.1 Å². The van der Waals surface area contributed by atoms with Gasteiger partial charge in [0.1, 0.15) is 5.82 Å². The molecule has 0 aliphatic rings. The van der Waals surface area contributed by atoms with Crippen molar-refractivity contribution in [1.29, 1.82) is 0 Å². The van der Waals surface area contributed by atoms with Gasteiger partial charge >= 0.3 is 12.1 Å². The van der Waals surface area contributed by atoms with Crippen molar-refractivity contribution in [2.45, 2.75) is 6.18 Å². The third kappa shape index (κ3) is 3.13. The standard InChI is InChI=1S/C14H11F3N2O2/c1-21-13(20)10-6-12(18)19-7-11(10)8-3-2-4-9(5-8)14(15,16)17/h2-7H,1H3,(H2,18,19). The number of nitrogens with zero attached hydrogens (tertiary/aromatic N) is 1. The summed E-state index contributed by atoms with van der Waals surface area (Å²) in [5.74, 6) is -0.623. The zero-order valence-corrected chi connectivity index (χ0v) is 10.9. The number of pyridine rings is 1. The molecule has 0 saturated carbocycles. The number of alkyl halides is 3. The van der Waals surface area contributed by atoms with Crippen molar-refractivity contribution < 1.29 is 22.7 Å². The lowest BCUT2D eigenvalue weighted by molar-refractivity contribution is -0.137. The van der Waals surface area contributed by atoms with Crippen LogP contribution in [0.4, 0.5) is 19.0 Å². The molecule has 0 bridgehead atoms. The van der Waals surface area contributed by atoms with E-state index in [9.17, 15) is 18.0 Å². The summed E-state index contributed by atoms with van der Waals surface area (Å²) < 4.78 is 42.8. The first kappa shape index (κ1) is 14.8.